The van der Waals surface area contributed by atoms with E-state index in [-0.39, 0.29) is 0 Å². The molecule has 0 atom stereocenters. The maximum Gasteiger partial charge on any atom is 0.133 e. The lowest BCUT2D eigenvalue weighted by atomic mass is 10.2. The molecule has 2 aromatic rings. The Morgan fingerprint density at radius 1 is 1.21 bits per heavy atom. The Kier molecular flexibility index (Phi) is 5.24. The minimum Gasteiger partial charge on any atom is -0.486 e. The van der Waals surface area contributed by atoms with Gasteiger partial charge in [0.1, 0.15) is 12.4 Å². The molecule has 0 aliphatic carbocycles. The van der Waals surface area contributed by atoms with Gasteiger partial charge >= 0.3 is 0 Å². The third kappa shape index (κ3) is 3.98. The standard InChI is InChI=1S/C15H18N2OS/c1-16-9-12-7-8-13(17-10-12)11-18-14-5-3-4-6-15(14)19-2/h3-8,10,16H,9,11H2,1-2H3. The topological polar surface area (TPSA) is 34.1 Å². The van der Waals surface area contributed by atoms with Crippen molar-refractivity contribution in [1.82, 2.24) is 10.3 Å². The van der Waals surface area contributed by atoms with Gasteiger partial charge in [-0.1, -0.05) is 18.2 Å². The molecule has 1 aromatic carbocycles. The van der Waals surface area contributed by atoms with E-state index in [2.05, 4.69) is 22.4 Å². The minimum absolute atomic E-state index is 0.497. The van der Waals surface area contributed by atoms with Gasteiger partial charge in [-0.2, -0.15) is 0 Å². The van der Waals surface area contributed by atoms with Gasteiger partial charge in [0, 0.05) is 17.6 Å². The van der Waals surface area contributed by atoms with Crippen LogP contribution in [0.4, 0.5) is 0 Å². The lowest BCUT2D eigenvalue weighted by Gasteiger charge is -2.09. The number of nitrogens with one attached hydrogen (secondary N) is 1. The normalized spacial score (nSPS) is 10.4. The van der Waals surface area contributed by atoms with Gasteiger partial charge in [-0.15, -0.1) is 11.8 Å². The molecule has 0 aliphatic heterocycles. The van der Waals surface area contributed by atoms with Crippen molar-refractivity contribution in [3.05, 3.63) is 53.9 Å². The zero-order valence-corrected chi connectivity index (χ0v) is 12.0. The summed E-state index contributed by atoms with van der Waals surface area (Å²) in [6.45, 7) is 1.33. The summed E-state index contributed by atoms with van der Waals surface area (Å²) in [5, 5.41) is 3.10. The molecule has 19 heavy (non-hydrogen) atoms. The minimum atomic E-state index is 0.497. The third-order valence-electron chi connectivity index (χ3n) is 2.71. The third-order valence-corrected chi connectivity index (χ3v) is 3.49. The van der Waals surface area contributed by atoms with Crippen molar-refractivity contribution in [2.75, 3.05) is 13.3 Å². The molecule has 3 nitrogen and oxygen atoms in total. The van der Waals surface area contributed by atoms with Crippen molar-refractivity contribution in [3.8, 4) is 5.75 Å². The molecule has 4 heteroatoms. The summed E-state index contributed by atoms with van der Waals surface area (Å²) in [6, 6.07) is 12.1. The molecule has 0 amide bonds. The van der Waals surface area contributed by atoms with Gasteiger partial charge in [0.25, 0.3) is 0 Å². The van der Waals surface area contributed by atoms with Gasteiger partial charge in [-0.05, 0) is 37.1 Å². The summed E-state index contributed by atoms with van der Waals surface area (Å²) >= 11 is 1.69. The monoisotopic (exact) mass is 274 g/mol. The maximum absolute atomic E-state index is 5.81. The molecule has 0 radical (unpaired) electrons. The van der Waals surface area contributed by atoms with Crippen LogP contribution in [0.2, 0.25) is 0 Å². The van der Waals surface area contributed by atoms with Crippen LogP contribution in [-0.2, 0) is 13.2 Å². The number of aromatic nitrogens is 1. The van der Waals surface area contributed by atoms with Crippen LogP contribution >= 0.6 is 11.8 Å². The number of rotatable bonds is 6. The highest BCUT2D eigenvalue weighted by molar-refractivity contribution is 7.98. The fourth-order valence-corrected chi connectivity index (χ4v) is 2.28. The summed E-state index contributed by atoms with van der Waals surface area (Å²) in [4.78, 5) is 5.54. The summed E-state index contributed by atoms with van der Waals surface area (Å²) in [5.41, 5.74) is 2.12. The van der Waals surface area contributed by atoms with Crippen LogP contribution in [0.25, 0.3) is 0 Å². The number of para-hydroxylation sites is 1. The van der Waals surface area contributed by atoms with E-state index in [4.69, 9.17) is 4.74 Å². The second-order valence-corrected chi connectivity index (χ2v) is 4.98. The van der Waals surface area contributed by atoms with Crippen LogP contribution in [0, 0.1) is 0 Å². The van der Waals surface area contributed by atoms with Crippen LogP contribution < -0.4 is 10.1 Å². The summed E-state index contributed by atoms with van der Waals surface area (Å²) in [7, 11) is 1.93. The fourth-order valence-electron chi connectivity index (χ4n) is 1.74. The summed E-state index contributed by atoms with van der Waals surface area (Å²) in [6.07, 6.45) is 3.93. The molecule has 0 spiro atoms. The average Bonchev–Trinajstić information content (AvgIpc) is 2.47. The van der Waals surface area contributed by atoms with Crippen molar-refractivity contribution < 1.29 is 4.74 Å². The second-order valence-electron chi connectivity index (χ2n) is 4.13. The number of nitrogens with zero attached hydrogens (tertiary/aromatic N) is 1. The second kappa shape index (κ2) is 7.16. The quantitative estimate of drug-likeness (QED) is 0.821. The molecule has 0 unspecified atom stereocenters. The Bertz CT molecular complexity index is 514. The molecular weight excluding hydrogens is 256 g/mol. The van der Waals surface area contributed by atoms with E-state index in [0.717, 1.165) is 22.9 Å². The molecule has 1 heterocycles. The molecule has 2 rings (SSSR count). The first-order chi connectivity index (χ1) is 9.33. The summed E-state index contributed by atoms with van der Waals surface area (Å²) in [5.74, 6) is 0.913. The molecule has 0 aliphatic rings. The Morgan fingerprint density at radius 3 is 2.74 bits per heavy atom. The first-order valence-corrected chi connectivity index (χ1v) is 7.40. The molecule has 0 saturated carbocycles. The van der Waals surface area contributed by atoms with E-state index in [1.165, 1.54) is 5.56 Å². The zero-order valence-electron chi connectivity index (χ0n) is 11.2. The van der Waals surface area contributed by atoms with Crippen molar-refractivity contribution in [3.63, 3.8) is 0 Å². The lowest BCUT2D eigenvalue weighted by molar-refractivity contribution is 0.294. The predicted octanol–water partition coefficient (Wildman–Crippen LogP) is 3.10. The Labute approximate surface area is 118 Å². The number of pyridine rings is 1. The van der Waals surface area contributed by atoms with E-state index in [0.29, 0.717) is 6.61 Å². The summed E-state index contributed by atoms with van der Waals surface area (Å²) < 4.78 is 5.81. The first-order valence-electron chi connectivity index (χ1n) is 6.17. The van der Waals surface area contributed by atoms with E-state index >= 15 is 0 Å². The fraction of sp³-hybridized carbons (Fsp3) is 0.267. The molecule has 0 saturated heterocycles. The van der Waals surface area contributed by atoms with E-state index in [1.54, 1.807) is 11.8 Å². The molecule has 0 fully saturated rings. The van der Waals surface area contributed by atoms with Crippen molar-refractivity contribution in [2.24, 2.45) is 0 Å². The Hall–Kier alpha value is -1.52. The first kappa shape index (κ1) is 13.9. The average molecular weight is 274 g/mol. The van der Waals surface area contributed by atoms with Crippen molar-refractivity contribution >= 4 is 11.8 Å². The number of benzene rings is 1. The number of hydrogen-bond donors (Lipinski definition) is 1. The Balaban J connectivity index is 1.98. The van der Waals surface area contributed by atoms with E-state index in [9.17, 15) is 0 Å². The van der Waals surface area contributed by atoms with Gasteiger partial charge in [0.15, 0.2) is 0 Å². The highest BCUT2D eigenvalue weighted by Crippen LogP contribution is 2.27. The lowest BCUT2D eigenvalue weighted by Crippen LogP contribution is -2.06. The van der Waals surface area contributed by atoms with Crippen molar-refractivity contribution in [1.29, 1.82) is 0 Å². The molecule has 1 aromatic heterocycles. The SMILES string of the molecule is CNCc1ccc(COc2ccccc2SC)nc1. The van der Waals surface area contributed by atoms with Crippen LogP contribution in [-0.4, -0.2) is 18.3 Å². The van der Waals surface area contributed by atoms with Gasteiger partial charge in [0.05, 0.1) is 5.69 Å². The molecular formula is C15H18N2OS. The highest BCUT2D eigenvalue weighted by atomic mass is 32.2. The van der Waals surface area contributed by atoms with Crippen LogP contribution in [0.15, 0.2) is 47.5 Å². The maximum atomic E-state index is 5.81. The number of thioether (sulfide) groups is 1. The highest BCUT2D eigenvalue weighted by Gasteiger charge is 2.02. The van der Waals surface area contributed by atoms with Crippen LogP contribution in [0.3, 0.4) is 0 Å². The molecule has 100 valence electrons. The smallest absolute Gasteiger partial charge is 0.133 e. The van der Waals surface area contributed by atoms with E-state index in [1.807, 2.05) is 43.8 Å². The van der Waals surface area contributed by atoms with Gasteiger partial charge in [-0.25, -0.2) is 0 Å². The van der Waals surface area contributed by atoms with Crippen molar-refractivity contribution in [2.45, 2.75) is 18.0 Å². The predicted molar refractivity (Wildman–Crippen MR) is 79.6 cm³/mol. The van der Waals surface area contributed by atoms with E-state index < -0.39 is 0 Å². The van der Waals surface area contributed by atoms with Gasteiger partial charge < -0.3 is 10.1 Å². The molecule has 0 bridgehead atoms. The van der Waals surface area contributed by atoms with Crippen LogP contribution in [0.1, 0.15) is 11.3 Å². The van der Waals surface area contributed by atoms with Gasteiger partial charge in [-0.3, -0.25) is 4.98 Å². The van der Waals surface area contributed by atoms with Crippen LogP contribution in [0.5, 0.6) is 5.75 Å². The number of hydrogen-bond acceptors (Lipinski definition) is 4. The zero-order chi connectivity index (χ0) is 13.5. The van der Waals surface area contributed by atoms with Gasteiger partial charge in [0.2, 0.25) is 0 Å². The Morgan fingerprint density at radius 2 is 2.05 bits per heavy atom. The molecule has 1 N–H and O–H groups in total. The number of ether oxygens (including phenoxy) is 1. The largest absolute Gasteiger partial charge is 0.486 e.